The van der Waals surface area contributed by atoms with Gasteiger partial charge < -0.3 is 9.64 Å². The smallest absolute Gasteiger partial charge is 0.282 e. The maximum absolute atomic E-state index is 12.4. The Morgan fingerprint density at radius 2 is 1.92 bits per heavy atom. The first-order valence-electron chi connectivity index (χ1n) is 4.01. The summed E-state index contributed by atoms with van der Waals surface area (Å²) in [6.07, 6.45) is 0. The Kier molecular flexibility index (Phi) is 2.32. The van der Waals surface area contributed by atoms with Gasteiger partial charge in [-0.2, -0.15) is 0 Å². The van der Waals surface area contributed by atoms with Gasteiger partial charge in [-0.1, -0.05) is 0 Å². The molecule has 0 N–H and O–H groups in total. The van der Waals surface area contributed by atoms with Crippen molar-refractivity contribution in [1.82, 2.24) is 4.90 Å². The normalized spacial score (nSPS) is 21.2. The van der Waals surface area contributed by atoms with Crippen molar-refractivity contribution in [2.24, 2.45) is 0 Å². The molecule has 1 fully saturated rings. The number of carbonyl (C=O) groups is 1. The first kappa shape index (κ1) is 10.4. The number of amides is 1. The summed E-state index contributed by atoms with van der Waals surface area (Å²) in [5, 5.41) is 0. The fourth-order valence-electron chi connectivity index (χ4n) is 1.12. The average Bonchev–Trinajstić information content (AvgIpc) is 1.98. The summed E-state index contributed by atoms with van der Waals surface area (Å²) < 4.78 is 29.7. The van der Waals surface area contributed by atoms with Crippen LogP contribution in [0.3, 0.4) is 0 Å². The molecule has 1 amide bonds. The summed E-state index contributed by atoms with van der Waals surface area (Å²) in [5.74, 6) is -3.10. The van der Waals surface area contributed by atoms with E-state index in [2.05, 4.69) is 0 Å². The first-order chi connectivity index (χ1) is 5.78. The topological polar surface area (TPSA) is 29.5 Å². The second kappa shape index (κ2) is 2.90. The molecular weight excluding hydrogens is 180 g/mol. The molecule has 0 aromatic carbocycles. The molecule has 76 valence electrons. The number of halogens is 2. The molecule has 0 saturated carbocycles. The molecule has 0 atom stereocenters. The zero-order valence-corrected chi connectivity index (χ0v) is 7.93. The third-order valence-electron chi connectivity index (χ3n) is 2.16. The van der Waals surface area contributed by atoms with Gasteiger partial charge in [0.15, 0.2) is 0 Å². The summed E-state index contributed by atoms with van der Waals surface area (Å²) >= 11 is 0. The molecule has 0 bridgehead atoms. The van der Waals surface area contributed by atoms with Crippen molar-refractivity contribution in [3.05, 3.63) is 0 Å². The summed E-state index contributed by atoms with van der Waals surface area (Å²) in [4.78, 5) is 12.5. The molecule has 1 heterocycles. The van der Waals surface area contributed by atoms with E-state index in [1.807, 2.05) is 0 Å². The summed E-state index contributed by atoms with van der Waals surface area (Å²) in [7, 11) is 1.38. The zero-order valence-electron chi connectivity index (χ0n) is 7.93. The fraction of sp³-hybridized carbons (Fsp3) is 0.875. The number of nitrogens with zero attached hydrogens (tertiary/aromatic N) is 1. The van der Waals surface area contributed by atoms with Gasteiger partial charge in [0, 0.05) is 7.11 Å². The predicted octanol–water partition coefficient (Wildman–Crippen LogP) is 0.889. The van der Waals surface area contributed by atoms with Crippen LogP contribution in [0.2, 0.25) is 0 Å². The Bertz CT molecular complexity index is 220. The van der Waals surface area contributed by atoms with E-state index >= 15 is 0 Å². The summed E-state index contributed by atoms with van der Waals surface area (Å²) in [5.41, 5.74) is -1.00. The second-order valence-corrected chi connectivity index (χ2v) is 3.73. The number of hydrogen-bond donors (Lipinski definition) is 0. The van der Waals surface area contributed by atoms with Gasteiger partial charge in [0.25, 0.3) is 11.8 Å². The lowest BCUT2D eigenvalue weighted by Gasteiger charge is -2.42. The third kappa shape index (κ3) is 1.96. The van der Waals surface area contributed by atoms with Crippen LogP contribution < -0.4 is 0 Å². The van der Waals surface area contributed by atoms with E-state index in [1.54, 1.807) is 13.8 Å². The van der Waals surface area contributed by atoms with Crippen molar-refractivity contribution in [3.63, 3.8) is 0 Å². The quantitative estimate of drug-likeness (QED) is 0.651. The van der Waals surface area contributed by atoms with Crippen LogP contribution in [0.5, 0.6) is 0 Å². The number of alkyl halides is 2. The molecule has 13 heavy (non-hydrogen) atoms. The van der Waals surface area contributed by atoms with Gasteiger partial charge in [0.2, 0.25) is 0 Å². The Hall–Kier alpha value is -0.710. The van der Waals surface area contributed by atoms with Crippen LogP contribution in [0.1, 0.15) is 13.8 Å². The maximum atomic E-state index is 12.4. The molecule has 1 rings (SSSR count). The molecule has 1 aliphatic rings. The van der Waals surface area contributed by atoms with Gasteiger partial charge in [0.1, 0.15) is 5.60 Å². The van der Waals surface area contributed by atoms with Crippen molar-refractivity contribution >= 4 is 5.91 Å². The lowest BCUT2D eigenvalue weighted by Crippen LogP contribution is -2.62. The third-order valence-corrected chi connectivity index (χ3v) is 2.16. The Balaban J connectivity index is 2.53. The second-order valence-electron chi connectivity index (χ2n) is 3.73. The molecular formula is C8H13F2NO2. The van der Waals surface area contributed by atoms with Crippen molar-refractivity contribution in [3.8, 4) is 0 Å². The van der Waals surface area contributed by atoms with Crippen LogP contribution in [0.15, 0.2) is 0 Å². The Morgan fingerprint density at radius 1 is 1.46 bits per heavy atom. The number of carbonyl (C=O) groups excluding carboxylic acids is 1. The highest BCUT2D eigenvalue weighted by Crippen LogP contribution is 2.29. The fourth-order valence-corrected chi connectivity index (χ4v) is 1.12. The van der Waals surface area contributed by atoms with E-state index in [0.717, 1.165) is 4.90 Å². The molecule has 1 saturated heterocycles. The molecule has 0 aromatic rings. The summed E-state index contributed by atoms with van der Waals surface area (Å²) in [6.45, 7) is 2.15. The highest BCUT2D eigenvalue weighted by Gasteiger charge is 2.49. The van der Waals surface area contributed by atoms with E-state index in [4.69, 9.17) is 4.74 Å². The SMILES string of the molecule is COC(C)(C)C(=O)N1CC(F)(F)C1. The van der Waals surface area contributed by atoms with Crippen molar-refractivity contribution in [1.29, 1.82) is 0 Å². The predicted molar refractivity (Wildman–Crippen MR) is 42.6 cm³/mol. The van der Waals surface area contributed by atoms with Crippen LogP contribution in [0.4, 0.5) is 8.78 Å². The average molecular weight is 193 g/mol. The minimum atomic E-state index is -2.71. The molecule has 0 radical (unpaired) electrons. The molecule has 3 nitrogen and oxygen atoms in total. The van der Waals surface area contributed by atoms with Crippen LogP contribution >= 0.6 is 0 Å². The minimum Gasteiger partial charge on any atom is -0.369 e. The van der Waals surface area contributed by atoms with Gasteiger partial charge in [-0.05, 0) is 13.8 Å². The van der Waals surface area contributed by atoms with Gasteiger partial charge in [-0.3, -0.25) is 4.79 Å². The highest BCUT2D eigenvalue weighted by atomic mass is 19.3. The number of likely N-dealkylation sites (tertiary alicyclic amines) is 1. The molecule has 0 aliphatic carbocycles. The molecule has 0 aromatic heterocycles. The monoisotopic (exact) mass is 193 g/mol. The van der Waals surface area contributed by atoms with E-state index in [9.17, 15) is 13.6 Å². The number of ether oxygens (including phenoxy) is 1. The molecule has 0 spiro atoms. The van der Waals surface area contributed by atoms with Gasteiger partial charge >= 0.3 is 0 Å². The Morgan fingerprint density at radius 3 is 2.23 bits per heavy atom. The highest BCUT2D eigenvalue weighted by molar-refractivity contribution is 5.85. The van der Waals surface area contributed by atoms with E-state index in [-0.39, 0.29) is 5.91 Å². The Labute approximate surface area is 75.7 Å². The summed E-state index contributed by atoms with van der Waals surface area (Å²) in [6, 6.07) is 0. The zero-order chi connectivity index (χ0) is 10.3. The standard InChI is InChI=1S/C8H13F2NO2/c1-7(2,13-3)6(12)11-4-8(9,10)5-11/h4-5H2,1-3H3. The minimum absolute atomic E-state index is 0.388. The molecule has 5 heteroatoms. The van der Waals surface area contributed by atoms with Crippen LogP contribution in [0, 0.1) is 0 Å². The van der Waals surface area contributed by atoms with Crippen molar-refractivity contribution in [2.75, 3.05) is 20.2 Å². The number of hydrogen-bond acceptors (Lipinski definition) is 2. The number of methoxy groups -OCH3 is 1. The van der Waals surface area contributed by atoms with E-state index in [1.165, 1.54) is 7.11 Å². The van der Waals surface area contributed by atoms with Crippen LogP contribution in [-0.4, -0.2) is 42.5 Å². The number of rotatable bonds is 2. The van der Waals surface area contributed by atoms with Crippen LogP contribution in [0.25, 0.3) is 0 Å². The van der Waals surface area contributed by atoms with Gasteiger partial charge in [-0.25, -0.2) is 8.78 Å². The van der Waals surface area contributed by atoms with E-state index < -0.39 is 24.6 Å². The largest absolute Gasteiger partial charge is 0.369 e. The van der Waals surface area contributed by atoms with Gasteiger partial charge in [-0.15, -0.1) is 0 Å². The van der Waals surface area contributed by atoms with Crippen molar-refractivity contribution in [2.45, 2.75) is 25.4 Å². The van der Waals surface area contributed by atoms with E-state index in [0.29, 0.717) is 0 Å². The van der Waals surface area contributed by atoms with Gasteiger partial charge in [0.05, 0.1) is 13.1 Å². The molecule has 1 aliphatic heterocycles. The van der Waals surface area contributed by atoms with Crippen molar-refractivity contribution < 1.29 is 18.3 Å². The lowest BCUT2D eigenvalue weighted by molar-refractivity contribution is -0.182. The first-order valence-corrected chi connectivity index (χ1v) is 4.01. The maximum Gasteiger partial charge on any atom is 0.282 e. The molecule has 0 unspecified atom stereocenters. The lowest BCUT2D eigenvalue weighted by atomic mass is 10.0. The van der Waals surface area contributed by atoms with Crippen LogP contribution in [-0.2, 0) is 9.53 Å².